The quantitative estimate of drug-likeness (QED) is 0.559. The number of nitrogens with one attached hydrogen (secondary N) is 1. The second-order valence-corrected chi connectivity index (χ2v) is 10.4. The van der Waals surface area contributed by atoms with E-state index in [0.717, 1.165) is 43.1 Å². The predicted molar refractivity (Wildman–Crippen MR) is 132 cm³/mol. The minimum absolute atomic E-state index is 0.132. The van der Waals surface area contributed by atoms with Crippen LogP contribution in [0.1, 0.15) is 17.2 Å². The van der Waals surface area contributed by atoms with Crippen LogP contribution in [0.25, 0.3) is 0 Å². The van der Waals surface area contributed by atoms with Crippen molar-refractivity contribution < 1.29 is 17.9 Å². The van der Waals surface area contributed by atoms with Crippen molar-refractivity contribution in [3.63, 3.8) is 0 Å². The minimum atomic E-state index is -3.63. The van der Waals surface area contributed by atoms with Gasteiger partial charge in [0.05, 0.1) is 4.90 Å². The lowest BCUT2D eigenvalue weighted by molar-refractivity contribution is 0.173. The molecule has 1 saturated heterocycles. The topological polar surface area (TPSA) is 71.1 Å². The number of anilines is 1. The molecule has 0 aliphatic carbocycles. The van der Waals surface area contributed by atoms with Crippen LogP contribution >= 0.6 is 0 Å². The SMILES string of the molecule is Cc1ccc(S(=O)(=O)NC[C@H](c2ccc3c(c2)OCO3)N2CCN(c3ccccc3)CC2)cc1. The molecule has 1 atom stereocenters. The molecule has 1 fully saturated rings. The van der Waals surface area contributed by atoms with Crippen LogP contribution < -0.4 is 19.1 Å². The highest BCUT2D eigenvalue weighted by Crippen LogP contribution is 2.36. The van der Waals surface area contributed by atoms with E-state index in [1.807, 2.05) is 43.3 Å². The molecule has 178 valence electrons. The summed E-state index contributed by atoms with van der Waals surface area (Å²) in [5.41, 5.74) is 3.24. The average molecular weight is 480 g/mol. The lowest BCUT2D eigenvalue weighted by Gasteiger charge is -2.40. The zero-order valence-electron chi connectivity index (χ0n) is 19.2. The number of piperazine rings is 1. The number of ether oxygens (including phenoxy) is 2. The van der Waals surface area contributed by atoms with E-state index in [4.69, 9.17) is 9.47 Å². The summed E-state index contributed by atoms with van der Waals surface area (Å²) < 4.78 is 39.9. The van der Waals surface area contributed by atoms with Crippen molar-refractivity contribution in [1.82, 2.24) is 9.62 Å². The van der Waals surface area contributed by atoms with Crippen molar-refractivity contribution in [2.75, 3.05) is 44.4 Å². The maximum absolute atomic E-state index is 13.0. The average Bonchev–Trinajstić information content (AvgIpc) is 3.33. The van der Waals surface area contributed by atoms with Gasteiger partial charge in [0, 0.05) is 44.5 Å². The summed E-state index contributed by atoms with van der Waals surface area (Å²) in [5.74, 6) is 1.42. The fraction of sp³-hybridized carbons (Fsp3) is 0.308. The minimum Gasteiger partial charge on any atom is -0.454 e. The van der Waals surface area contributed by atoms with Gasteiger partial charge in [-0.3, -0.25) is 4.90 Å². The Morgan fingerprint density at radius 3 is 2.32 bits per heavy atom. The van der Waals surface area contributed by atoms with Gasteiger partial charge in [0.2, 0.25) is 16.8 Å². The van der Waals surface area contributed by atoms with Gasteiger partial charge >= 0.3 is 0 Å². The number of aryl methyl sites for hydroxylation is 1. The number of hydrogen-bond donors (Lipinski definition) is 1. The molecule has 2 aliphatic rings. The summed E-state index contributed by atoms with van der Waals surface area (Å²) in [5, 5.41) is 0. The zero-order chi connectivity index (χ0) is 23.5. The molecule has 0 spiro atoms. The Morgan fingerprint density at radius 2 is 1.59 bits per heavy atom. The van der Waals surface area contributed by atoms with E-state index in [0.29, 0.717) is 5.75 Å². The summed E-state index contributed by atoms with van der Waals surface area (Å²) in [6.45, 7) is 5.79. The Kier molecular flexibility index (Phi) is 6.45. The highest BCUT2D eigenvalue weighted by Gasteiger charge is 2.28. The first kappa shape index (κ1) is 22.7. The molecular weight excluding hydrogens is 450 g/mol. The van der Waals surface area contributed by atoms with Crippen molar-refractivity contribution in [3.8, 4) is 11.5 Å². The highest BCUT2D eigenvalue weighted by atomic mass is 32.2. The Bertz CT molecular complexity index is 1220. The maximum Gasteiger partial charge on any atom is 0.240 e. The fourth-order valence-corrected chi connectivity index (χ4v) is 5.54. The summed E-state index contributed by atoms with van der Waals surface area (Å²) >= 11 is 0. The van der Waals surface area contributed by atoms with Gasteiger partial charge in [0.15, 0.2) is 11.5 Å². The Morgan fingerprint density at radius 1 is 0.882 bits per heavy atom. The van der Waals surface area contributed by atoms with Crippen LogP contribution in [0.15, 0.2) is 77.7 Å². The second-order valence-electron chi connectivity index (χ2n) is 8.65. The Hall–Kier alpha value is -3.07. The van der Waals surface area contributed by atoms with Crippen molar-refractivity contribution in [1.29, 1.82) is 0 Å². The van der Waals surface area contributed by atoms with Crippen molar-refractivity contribution in [3.05, 3.63) is 83.9 Å². The molecule has 34 heavy (non-hydrogen) atoms. The molecule has 0 aromatic heterocycles. The molecule has 5 rings (SSSR count). The monoisotopic (exact) mass is 479 g/mol. The number of benzene rings is 3. The molecule has 7 nitrogen and oxygen atoms in total. The number of nitrogens with zero attached hydrogens (tertiary/aromatic N) is 2. The first-order valence-corrected chi connectivity index (χ1v) is 13.0. The molecule has 2 aliphatic heterocycles. The van der Waals surface area contributed by atoms with Gasteiger partial charge in [-0.15, -0.1) is 0 Å². The number of sulfonamides is 1. The van der Waals surface area contributed by atoms with Gasteiger partial charge in [-0.05, 0) is 48.9 Å². The second kappa shape index (κ2) is 9.66. The Labute approximate surface area is 201 Å². The molecule has 3 aromatic carbocycles. The van der Waals surface area contributed by atoms with Crippen LogP contribution in [0.2, 0.25) is 0 Å². The number of rotatable bonds is 7. The van der Waals surface area contributed by atoms with Gasteiger partial charge in [-0.1, -0.05) is 42.0 Å². The fourth-order valence-electron chi connectivity index (χ4n) is 4.50. The lowest BCUT2D eigenvalue weighted by atomic mass is 10.0. The number of fused-ring (bicyclic) bond motifs is 1. The predicted octanol–water partition coefficient (Wildman–Crippen LogP) is 3.57. The maximum atomic E-state index is 13.0. The van der Waals surface area contributed by atoms with E-state index in [9.17, 15) is 8.42 Å². The van der Waals surface area contributed by atoms with Crippen LogP contribution in [0.5, 0.6) is 11.5 Å². The normalized spacial score (nSPS) is 17.0. The van der Waals surface area contributed by atoms with Gasteiger partial charge in [-0.2, -0.15) is 0 Å². The lowest BCUT2D eigenvalue weighted by Crippen LogP contribution is -2.49. The summed E-state index contributed by atoms with van der Waals surface area (Å²) in [7, 11) is -3.63. The van der Waals surface area contributed by atoms with Gasteiger partial charge in [0.1, 0.15) is 0 Å². The standard InChI is InChI=1S/C26H29N3O4S/c1-20-7-10-23(11-8-20)34(30,31)27-18-24(21-9-12-25-26(17-21)33-19-32-25)29-15-13-28(14-16-29)22-5-3-2-4-6-22/h2-12,17,24,27H,13-16,18-19H2,1H3/t24-/m1/s1. The first-order chi connectivity index (χ1) is 16.5. The molecule has 1 N–H and O–H groups in total. The smallest absolute Gasteiger partial charge is 0.240 e. The third-order valence-corrected chi connectivity index (χ3v) is 7.90. The highest BCUT2D eigenvalue weighted by molar-refractivity contribution is 7.89. The van der Waals surface area contributed by atoms with E-state index in [2.05, 4.69) is 38.8 Å². The third kappa shape index (κ3) is 4.89. The molecule has 0 amide bonds. The third-order valence-electron chi connectivity index (χ3n) is 6.46. The van der Waals surface area contributed by atoms with E-state index in [-0.39, 0.29) is 24.3 Å². The van der Waals surface area contributed by atoms with Gasteiger partial charge in [0.25, 0.3) is 0 Å². The zero-order valence-corrected chi connectivity index (χ0v) is 20.0. The van der Waals surface area contributed by atoms with Gasteiger partial charge in [-0.25, -0.2) is 13.1 Å². The van der Waals surface area contributed by atoms with E-state index in [1.165, 1.54) is 5.69 Å². The van der Waals surface area contributed by atoms with E-state index in [1.54, 1.807) is 12.1 Å². The largest absolute Gasteiger partial charge is 0.454 e. The van der Waals surface area contributed by atoms with Crippen molar-refractivity contribution >= 4 is 15.7 Å². The Balaban J connectivity index is 1.35. The van der Waals surface area contributed by atoms with Crippen LogP contribution in [-0.2, 0) is 10.0 Å². The molecule has 3 aromatic rings. The molecule has 0 unspecified atom stereocenters. The molecule has 2 heterocycles. The van der Waals surface area contributed by atoms with E-state index >= 15 is 0 Å². The molecular formula is C26H29N3O4S. The summed E-state index contributed by atoms with van der Waals surface area (Å²) in [6, 6.07) is 23.0. The molecule has 8 heteroatoms. The number of para-hydroxylation sites is 1. The van der Waals surface area contributed by atoms with Crippen LogP contribution in [-0.4, -0.2) is 52.8 Å². The van der Waals surface area contributed by atoms with Crippen LogP contribution in [0.4, 0.5) is 5.69 Å². The molecule has 0 radical (unpaired) electrons. The van der Waals surface area contributed by atoms with Crippen LogP contribution in [0.3, 0.4) is 0 Å². The van der Waals surface area contributed by atoms with Gasteiger partial charge < -0.3 is 14.4 Å². The van der Waals surface area contributed by atoms with E-state index < -0.39 is 10.0 Å². The summed E-state index contributed by atoms with van der Waals surface area (Å²) in [4.78, 5) is 4.98. The molecule has 0 saturated carbocycles. The van der Waals surface area contributed by atoms with Crippen molar-refractivity contribution in [2.45, 2.75) is 17.9 Å². The molecule has 0 bridgehead atoms. The summed E-state index contributed by atoms with van der Waals surface area (Å²) in [6.07, 6.45) is 0. The first-order valence-electron chi connectivity index (χ1n) is 11.5. The number of hydrogen-bond acceptors (Lipinski definition) is 6. The van der Waals surface area contributed by atoms with Crippen LogP contribution in [0, 0.1) is 6.92 Å². The van der Waals surface area contributed by atoms with Crippen molar-refractivity contribution in [2.24, 2.45) is 0 Å².